The molecule has 1 nitrogen and oxygen atoms in total. The highest BCUT2D eigenvalue weighted by atomic mass is 15.1. The molecule has 20 heavy (non-hydrogen) atoms. The number of rotatable bonds is 6. The summed E-state index contributed by atoms with van der Waals surface area (Å²) in [6.45, 7) is 20.0. The number of hydrogen-bond donors (Lipinski definition) is 0. The second-order valence-corrected chi connectivity index (χ2v) is 4.40. The van der Waals surface area contributed by atoms with Gasteiger partial charge in [-0.25, -0.2) is 0 Å². The number of allylic oxidation sites excluding steroid dienone is 8. The molecular formula is C19H31N. The first-order chi connectivity index (χ1) is 9.45. The maximum atomic E-state index is 4.04. The van der Waals surface area contributed by atoms with Crippen molar-refractivity contribution in [3.63, 3.8) is 0 Å². The Balaban J connectivity index is 0. The molecule has 0 radical (unpaired) electrons. The van der Waals surface area contributed by atoms with Gasteiger partial charge in [0.15, 0.2) is 0 Å². The van der Waals surface area contributed by atoms with Gasteiger partial charge < -0.3 is 4.90 Å². The van der Waals surface area contributed by atoms with Crippen LogP contribution in [0.1, 0.15) is 41.5 Å². The van der Waals surface area contributed by atoms with Crippen molar-refractivity contribution >= 4 is 0 Å². The van der Waals surface area contributed by atoms with Gasteiger partial charge in [0.05, 0.1) is 0 Å². The minimum atomic E-state index is 1.04. The predicted octanol–water partition coefficient (Wildman–Crippen LogP) is 6.02. The van der Waals surface area contributed by atoms with Crippen molar-refractivity contribution in [3.8, 4) is 0 Å². The molecule has 0 spiro atoms. The van der Waals surface area contributed by atoms with E-state index in [0.29, 0.717) is 0 Å². The highest BCUT2D eigenvalue weighted by Crippen LogP contribution is 2.20. The van der Waals surface area contributed by atoms with Crippen molar-refractivity contribution < 1.29 is 0 Å². The molecule has 0 aromatic heterocycles. The minimum Gasteiger partial charge on any atom is -0.344 e. The van der Waals surface area contributed by atoms with Crippen molar-refractivity contribution in [2.75, 3.05) is 7.05 Å². The van der Waals surface area contributed by atoms with Crippen LogP contribution in [-0.2, 0) is 0 Å². The van der Waals surface area contributed by atoms with Gasteiger partial charge in [-0.2, -0.15) is 0 Å². The van der Waals surface area contributed by atoms with E-state index in [0.717, 1.165) is 17.0 Å². The first kappa shape index (κ1) is 20.6. The van der Waals surface area contributed by atoms with Crippen LogP contribution >= 0.6 is 0 Å². The third-order valence-electron chi connectivity index (χ3n) is 2.51. The second kappa shape index (κ2) is 12.3. The Kier molecular flexibility index (Phi) is 12.6. The van der Waals surface area contributed by atoms with Crippen molar-refractivity contribution in [3.05, 3.63) is 72.2 Å². The van der Waals surface area contributed by atoms with Gasteiger partial charge in [0, 0.05) is 18.4 Å². The lowest BCUT2D eigenvalue weighted by Crippen LogP contribution is -2.17. The molecular weight excluding hydrogens is 242 g/mol. The molecule has 0 N–H and O–H groups in total. The molecule has 0 aliphatic heterocycles. The molecule has 1 heteroatoms. The SMILES string of the molecule is C=C/C=C\C(=C(C)C)N(C)/C(=C/C=C\C)C(=C)C.CC. The monoisotopic (exact) mass is 273 g/mol. The molecule has 0 aliphatic carbocycles. The summed E-state index contributed by atoms with van der Waals surface area (Å²) in [5.41, 5.74) is 4.57. The molecule has 0 saturated heterocycles. The first-order valence-corrected chi connectivity index (χ1v) is 7.14. The Bertz CT molecular complexity index is 413. The van der Waals surface area contributed by atoms with Gasteiger partial charge in [0.25, 0.3) is 0 Å². The summed E-state index contributed by atoms with van der Waals surface area (Å²) in [7, 11) is 2.06. The summed E-state index contributed by atoms with van der Waals surface area (Å²) >= 11 is 0. The van der Waals surface area contributed by atoms with E-state index in [9.17, 15) is 0 Å². The average molecular weight is 273 g/mol. The smallest absolute Gasteiger partial charge is 0.0431 e. The summed E-state index contributed by atoms with van der Waals surface area (Å²) in [5.74, 6) is 0. The fourth-order valence-electron chi connectivity index (χ4n) is 1.63. The topological polar surface area (TPSA) is 3.24 Å². The van der Waals surface area contributed by atoms with E-state index in [2.05, 4.69) is 51.1 Å². The van der Waals surface area contributed by atoms with E-state index >= 15 is 0 Å². The van der Waals surface area contributed by atoms with E-state index in [1.807, 2.05) is 45.9 Å². The van der Waals surface area contributed by atoms with Gasteiger partial charge in [0.1, 0.15) is 0 Å². The maximum absolute atomic E-state index is 4.04. The van der Waals surface area contributed by atoms with Crippen LogP contribution in [0.2, 0.25) is 0 Å². The fourth-order valence-corrected chi connectivity index (χ4v) is 1.63. The van der Waals surface area contributed by atoms with Gasteiger partial charge in [-0.3, -0.25) is 0 Å². The van der Waals surface area contributed by atoms with Gasteiger partial charge in [-0.05, 0) is 45.4 Å². The van der Waals surface area contributed by atoms with Crippen LogP contribution in [0.3, 0.4) is 0 Å². The molecule has 0 saturated carbocycles. The van der Waals surface area contributed by atoms with Crippen molar-refractivity contribution in [2.45, 2.75) is 41.5 Å². The second-order valence-electron chi connectivity index (χ2n) is 4.40. The fraction of sp³-hybridized carbons (Fsp3) is 0.368. The minimum absolute atomic E-state index is 1.04. The van der Waals surface area contributed by atoms with Crippen LogP contribution in [0.15, 0.2) is 72.2 Å². The van der Waals surface area contributed by atoms with E-state index in [4.69, 9.17) is 0 Å². The Morgan fingerprint density at radius 3 is 1.95 bits per heavy atom. The van der Waals surface area contributed by atoms with Crippen molar-refractivity contribution in [1.29, 1.82) is 0 Å². The van der Waals surface area contributed by atoms with Gasteiger partial charge >= 0.3 is 0 Å². The van der Waals surface area contributed by atoms with Crippen molar-refractivity contribution in [1.82, 2.24) is 4.90 Å². The quantitative estimate of drug-likeness (QED) is 0.535. The van der Waals surface area contributed by atoms with Crippen LogP contribution in [0.5, 0.6) is 0 Å². The Labute approximate surface area is 126 Å². The summed E-state index contributed by atoms with van der Waals surface area (Å²) < 4.78 is 0. The van der Waals surface area contributed by atoms with Gasteiger partial charge in [0.2, 0.25) is 0 Å². The molecule has 0 atom stereocenters. The van der Waals surface area contributed by atoms with Crippen LogP contribution < -0.4 is 0 Å². The molecule has 112 valence electrons. The first-order valence-electron chi connectivity index (χ1n) is 7.14. The summed E-state index contributed by atoms with van der Waals surface area (Å²) in [6, 6.07) is 0. The summed E-state index contributed by atoms with van der Waals surface area (Å²) in [4.78, 5) is 2.15. The van der Waals surface area contributed by atoms with Crippen LogP contribution in [0.4, 0.5) is 0 Å². The third-order valence-corrected chi connectivity index (χ3v) is 2.51. The van der Waals surface area contributed by atoms with E-state index in [1.165, 1.54) is 5.57 Å². The standard InChI is InChI=1S/C17H25N.C2H6/c1-8-10-12-16(14(3)4)18(7)17(15(5)6)13-11-9-2;1-2/h8-13H,1,5H2,2-4,6-7H3;1-2H3/b11-9-,12-10-,17-13+;. The molecule has 0 heterocycles. The summed E-state index contributed by atoms with van der Waals surface area (Å²) in [6.07, 6.45) is 11.9. The zero-order valence-electron chi connectivity index (χ0n) is 14.3. The van der Waals surface area contributed by atoms with Gasteiger partial charge in [-0.15, -0.1) is 0 Å². The highest BCUT2D eigenvalue weighted by Gasteiger charge is 2.09. The molecule has 0 bridgehead atoms. The zero-order valence-corrected chi connectivity index (χ0v) is 14.3. The number of nitrogens with zero attached hydrogens (tertiary/aromatic N) is 1. The number of hydrogen-bond acceptors (Lipinski definition) is 1. The Morgan fingerprint density at radius 1 is 1.05 bits per heavy atom. The Morgan fingerprint density at radius 2 is 1.60 bits per heavy atom. The highest BCUT2D eigenvalue weighted by molar-refractivity contribution is 5.36. The predicted molar refractivity (Wildman–Crippen MR) is 94.5 cm³/mol. The lowest BCUT2D eigenvalue weighted by atomic mass is 10.1. The normalized spacial score (nSPS) is 11.1. The van der Waals surface area contributed by atoms with E-state index < -0.39 is 0 Å². The van der Waals surface area contributed by atoms with Crippen LogP contribution in [0.25, 0.3) is 0 Å². The lowest BCUT2D eigenvalue weighted by molar-refractivity contribution is 0.539. The molecule has 0 fully saturated rings. The van der Waals surface area contributed by atoms with Gasteiger partial charge in [-0.1, -0.05) is 56.9 Å². The third kappa shape index (κ3) is 7.63. The molecule has 0 amide bonds. The maximum Gasteiger partial charge on any atom is 0.0431 e. The molecule has 0 aliphatic rings. The Hall–Kier alpha value is -1.76. The van der Waals surface area contributed by atoms with Crippen LogP contribution in [-0.4, -0.2) is 11.9 Å². The number of likely N-dealkylation sites (N-methyl/N-ethyl adjacent to an activating group) is 1. The van der Waals surface area contributed by atoms with E-state index in [1.54, 1.807) is 6.08 Å². The van der Waals surface area contributed by atoms with E-state index in [-0.39, 0.29) is 0 Å². The lowest BCUT2D eigenvalue weighted by Gasteiger charge is -2.25. The average Bonchev–Trinajstić information content (AvgIpc) is 2.41. The molecule has 0 rings (SSSR count). The van der Waals surface area contributed by atoms with Crippen molar-refractivity contribution in [2.24, 2.45) is 0 Å². The molecule has 0 unspecified atom stereocenters. The molecule has 0 aromatic carbocycles. The molecule has 0 aromatic rings. The van der Waals surface area contributed by atoms with Crippen LogP contribution in [0, 0.1) is 0 Å². The summed E-state index contributed by atoms with van der Waals surface area (Å²) in [5, 5.41) is 0. The largest absolute Gasteiger partial charge is 0.344 e. The zero-order chi connectivity index (χ0) is 16.1.